The van der Waals surface area contributed by atoms with E-state index in [0.29, 0.717) is 5.56 Å². The van der Waals surface area contributed by atoms with Crippen molar-refractivity contribution in [3.8, 4) is 6.07 Å². The third kappa shape index (κ3) is 2.32. The molecule has 2 unspecified atom stereocenters. The Bertz CT molecular complexity index is 366. The standard InChI is InChI=1S/C11H14N2O/c1-7-3-9(6-12)5-10(4-7)11(13)8(2)14/h3-5,8,11,14H,13H2,1-2H3. The van der Waals surface area contributed by atoms with Gasteiger partial charge in [-0.2, -0.15) is 5.26 Å². The molecular weight excluding hydrogens is 176 g/mol. The molecule has 0 aliphatic heterocycles. The van der Waals surface area contributed by atoms with E-state index in [1.165, 1.54) is 0 Å². The van der Waals surface area contributed by atoms with Crippen LogP contribution in [-0.2, 0) is 0 Å². The molecule has 0 fully saturated rings. The summed E-state index contributed by atoms with van der Waals surface area (Å²) in [6.45, 7) is 3.54. The maximum absolute atomic E-state index is 9.32. The van der Waals surface area contributed by atoms with Gasteiger partial charge in [0.2, 0.25) is 0 Å². The van der Waals surface area contributed by atoms with E-state index < -0.39 is 12.1 Å². The lowest BCUT2D eigenvalue weighted by Crippen LogP contribution is -2.23. The molecule has 2 atom stereocenters. The van der Waals surface area contributed by atoms with Crippen LogP contribution in [0.5, 0.6) is 0 Å². The Kier molecular flexibility index (Phi) is 3.23. The van der Waals surface area contributed by atoms with Crippen LogP contribution in [0.2, 0.25) is 0 Å². The Hall–Kier alpha value is -1.37. The molecule has 1 rings (SSSR count). The number of nitrogens with zero attached hydrogens (tertiary/aromatic N) is 1. The summed E-state index contributed by atoms with van der Waals surface area (Å²) < 4.78 is 0. The van der Waals surface area contributed by atoms with Gasteiger partial charge >= 0.3 is 0 Å². The molecule has 0 aliphatic carbocycles. The van der Waals surface area contributed by atoms with E-state index in [4.69, 9.17) is 11.0 Å². The SMILES string of the molecule is Cc1cc(C#N)cc(C(N)C(C)O)c1. The van der Waals surface area contributed by atoms with Crippen molar-refractivity contribution in [2.75, 3.05) is 0 Å². The van der Waals surface area contributed by atoms with Crippen LogP contribution >= 0.6 is 0 Å². The second kappa shape index (κ2) is 4.23. The lowest BCUT2D eigenvalue weighted by Gasteiger charge is -2.15. The minimum absolute atomic E-state index is 0.429. The summed E-state index contributed by atoms with van der Waals surface area (Å²) >= 11 is 0. The Balaban J connectivity index is 3.10. The molecule has 0 heterocycles. The maximum atomic E-state index is 9.32. The zero-order chi connectivity index (χ0) is 10.7. The normalized spacial score (nSPS) is 14.5. The Morgan fingerprint density at radius 3 is 2.57 bits per heavy atom. The number of aliphatic hydroxyl groups is 1. The molecule has 3 heteroatoms. The monoisotopic (exact) mass is 190 g/mol. The molecule has 0 amide bonds. The van der Waals surface area contributed by atoms with Crippen molar-refractivity contribution in [3.05, 3.63) is 34.9 Å². The Morgan fingerprint density at radius 2 is 2.07 bits per heavy atom. The number of rotatable bonds is 2. The number of aliphatic hydroxyl groups excluding tert-OH is 1. The highest BCUT2D eigenvalue weighted by molar-refractivity contribution is 5.38. The predicted octanol–water partition coefficient (Wildman–Crippen LogP) is 1.25. The zero-order valence-electron chi connectivity index (χ0n) is 8.36. The number of nitriles is 1. The third-order valence-electron chi connectivity index (χ3n) is 2.13. The van der Waals surface area contributed by atoms with Crippen LogP contribution in [0.3, 0.4) is 0 Å². The molecule has 3 N–H and O–H groups in total. The van der Waals surface area contributed by atoms with Gasteiger partial charge in [-0.15, -0.1) is 0 Å². The summed E-state index contributed by atoms with van der Waals surface area (Å²) in [6.07, 6.45) is -0.608. The predicted molar refractivity (Wildman–Crippen MR) is 54.5 cm³/mol. The first kappa shape index (κ1) is 10.7. The van der Waals surface area contributed by atoms with Crippen molar-refractivity contribution >= 4 is 0 Å². The van der Waals surface area contributed by atoms with E-state index in [1.807, 2.05) is 13.0 Å². The van der Waals surface area contributed by atoms with E-state index >= 15 is 0 Å². The summed E-state index contributed by atoms with van der Waals surface area (Å²) in [5.41, 5.74) is 8.13. The molecule has 3 nitrogen and oxygen atoms in total. The van der Waals surface area contributed by atoms with Crippen LogP contribution in [0.1, 0.15) is 29.7 Å². The van der Waals surface area contributed by atoms with Gasteiger partial charge in [-0.3, -0.25) is 0 Å². The van der Waals surface area contributed by atoms with Crippen LogP contribution in [0.15, 0.2) is 18.2 Å². The summed E-state index contributed by atoms with van der Waals surface area (Å²) in [5.74, 6) is 0. The van der Waals surface area contributed by atoms with Gasteiger partial charge in [0.1, 0.15) is 0 Å². The van der Waals surface area contributed by atoms with Crippen LogP contribution in [0.25, 0.3) is 0 Å². The van der Waals surface area contributed by atoms with Gasteiger partial charge in [0.15, 0.2) is 0 Å². The van der Waals surface area contributed by atoms with Gasteiger partial charge in [0.05, 0.1) is 23.8 Å². The summed E-state index contributed by atoms with van der Waals surface area (Å²) in [7, 11) is 0. The van der Waals surface area contributed by atoms with E-state index in [9.17, 15) is 5.11 Å². The van der Waals surface area contributed by atoms with Crippen LogP contribution in [0.4, 0.5) is 0 Å². The topological polar surface area (TPSA) is 70.0 Å². The van der Waals surface area contributed by atoms with Crippen LogP contribution < -0.4 is 5.73 Å². The summed E-state index contributed by atoms with van der Waals surface area (Å²) in [5, 5.41) is 18.1. The molecule has 74 valence electrons. The molecule has 0 aliphatic rings. The van der Waals surface area contributed by atoms with Crippen LogP contribution in [-0.4, -0.2) is 11.2 Å². The maximum Gasteiger partial charge on any atom is 0.0991 e. The lowest BCUT2D eigenvalue weighted by molar-refractivity contribution is 0.164. The molecule has 0 spiro atoms. The van der Waals surface area contributed by atoms with Crippen molar-refractivity contribution in [1.29, 1.82) is 5.26 Å². The van der Waals surface area contributed by atoms with E-state index in [1.54, 1.807) is 19.1 Å². The Morgan fingerprint density at radius 1 is 1.43 bits per heavy atom. The van der Waals surface area contributed by atoms with E-state index in [2.05, 4.69) is 6.07 Å². The second-order valence-electron chi connectivity index (χ2n) is 3.51. The first-order chi connectivity index (χ1) is 6.54. The van der Waals surface area contributed by atoms with Gasteiger partial charge in [-0.05, 0) is 37.1 Å². The van der Waals surface area contributed by atoms with E-state index in [0.717, 1.165) is 11.1 Å². The number of hydrogen-bond donors (Lipinski definition) is 2. The minimum Gasteiger partial charge on any atom is -0.391 e. The third-order valence-corrected chi connectivity index (χ3v) is 2.13. The van der Waals surface area contributed by atoms with Gasteiger partial charge in [0.25, 0.3) is 0 Å². The lowest BCUT2D eigenvalue weighted by atomic mass is 9.99. The first-order valence-electron chi connectivity index (χ1n) is 4.50. The fourth-order valence-corrected chi connectivity index (χ4v) is 1.35. The van der Waals surface area contributed by atoms with Crippen molar-refractivity contribution in [2.45, 2.75) is 26.0 Å². The highest BCUT2D eigenvalue weighted by Gasteiger charge is 2.12. The van der Waals surface area contributed by atoms with E-state index in [-0.39, 0.29) is 0 Å². The van der Waals surface area contributed by atoms with Crippen molar-refractivity contribution < 1.29 is 5.11 Å². The molecule has 14 heavy (non-hydrogen) atoms. The smallest absolute Gasteiger partial charge is 0.0991 e. The average Bonchev–Trinajstić information content (AvgIpc) is 2.15. The number of benzene rings is 1. The fraction of sp³-hybridized carbons (Fsp3) is 0.364. The number of nitrogens with two attached hydrogens (primary N) is 1. The van der Waals surface area contributed by atoms with Gasteiger partial charge in [0, 0.05) is 0 Å². The Labute approximate surface area is 83.8 Å². The molecule has 1 aromatic rings. The molecule has 0 saturated carbocycles. The zero-order valence-corrected chi connectivity index (χ0v) is 8.36. The molecule has 0 saturated heterocycles. The first-order valence-corrected chi connectivity index (χ1v) is 4.50. The second-order valence-corrected chi connectivity index (χ2v) is 3.51. The van der Waals surface area contributed by atoms with Crippen molar-refractivity contribution in [2.24, 2.45) is 5.73 Å². The minimum atomic E-state index is -0.608. The van der Waals surface area contributed by atoms with Crippen molar-refractivity contribution in [3.63, 3.8) is 0 Å². The quantitative estimate of drug-likeness (QED) is 0.737. The fourth-order valence-electron chi connectivity index (χ4n) is 1.35. The number of aryl methyl sites for hydroxylation is 1. The van der Waals surface area contributed by atoms with Gasteiger partial charge in [-0.25, -0.2) is 0 Å². The molecule has 1 aromatic carbocycles. The van der Waals surface area contributed by atoms with Gasteiger partial charge in [-0.1, -0.05) is 6.07 Å². The largest absolute Gasteiger partial charge is 0.391 e. The molecule has 0 radical (unpaired) electrons. The average molecular weight is 190 g/mol. The van der Waals surface area contributed by atoms with Crippen LogP contribution in [0, 0.1) is 18.3 Å². The molecular formula is C11H14N2O. The van der Waals surface area contributed by atoms with Crippen molar-refractivity contribution in [1.82, 2.24) is 0 Å². The van der Waals surface area contributed by atoms with Gasteiger partial charge < -0.3 is 10.8 Å². The summed E-state index contributed by atoms with van der Waals surface area (Å²) in [6, 6.07) is 7.03. The number of hydrogen-bond acceptors (Lipinski definition) is 3. The molecule has 0 aromatic heterocycles. The highest BCUT2D eigenvalue weighted by atomic mass is 16.3. The highest BCUT2D eigenvalue weighted by Crippen LogP contribution is 2.17. The molecule has 0 bridgehead atoms. The summed E-state index contributed by atoms with van der Waals surface area (Å²) in [4.78, 5) is 0.